The summed E-state index contributed by atoms with van der Waals surface area (Å²) >= 11 is 3.47. The second kappa shape index (κ2) is 4.01. The van der Waals surface area contributed by atoms with Crippen LogP contribution in [-0.4, -0.2) is 6.04 Å². The molecule has 13 heavy (non-hydrogen) atoms. The average molecular weight is 243 g/mol. The minimum absolute atomic E-state index is 0.430. The molecular formula is C10H15BrN2. The molecule has 0 aliphatic carbocycles. The van der Waals surface area contributed by atoms with Crippen LogP contribution in [0.4, 0.5) is 11.4 Å². The van der Waals surface area contributed by atoms with Gasteiger partial charge in [0.15, 0.2) is 0 Å². The molecule has 0 heterocycles. The second-order valence-corrected chi connectivity index (χ2v) is 4.34. The van der Waals surface area contributed by atoms with Gasteiger partial charge in [0.2, 0.25) is 0 Å². The molecule has 1 rings (SSSR count). The predicted octanol–water partition coefficient (Wildman–Crippen LogP) is 3.16. The van der Waals surface area contributed by atoms with Crippen LogP contribution in [-0.2, 0) is 0 Å². The molecule has 1 aromatic rings. The van der Waals surface area contributed by atoms with Gasteiger partial charge >= 0.3 is 0 Å². The van der Waals surface area contributed by atoms with E-state index in [1.54, 1.807) is 0 Å². The van der Waals surface area contributed by atoms with E-state index in [2.05, 4.69) is 41.2 Å². The van der Waals surface area contributed by atoms with Crippen LogP contribution in [0, 0.1) is 6.92 Å². The highest BCUT2D eigenvalue weighted by molar-refractivity contribution is 9.10. The normalized spacial score (nSPS) is 10.5. The molecule has 0 spiro atoms. The highest BCUT2D eigenvalue weighted by atomic mass is 79.9. The Hall–Kier alpha value is -0.700. The Morgan fingerprint density at radius 1 is 1.38 bits per heavy atom. The molecular weight excluding hydrogens is 228 g/mol. The summed E-state index contributed by atoms with van der Waals surface area (Å²) in [5.41, 5.74) is 8.79. The van der Waals surface area contributed by atoms with Gasteiger partial charge < -0.3 is 11.1 Å². The highest BCUT2D eigenvalue weighted by Gasteiger charge is 2.03. The van der Waals surface area contributed by atoms with Crippen LogP contribution in [0.3, 0.4) is 0 Å². The lowest BCUT2D eigenvalue weighted by atomic mass is 10.2. The quantitative estimate of drug-likeness (QED) is 0.783. The lowest BCUT2D eigenvalue weighted by molar-refractivity contribution is 0.898. The fourth-order valence-corrected chi connectivity index (χ4v) is 1.59. The maximum absolute atomic E-state index is 5.76. The van der Waals surface area contributed by atoms with Crippen LogP contribution in [0.5, 0.6) is 0 Å². The Morgan fingerprint density at radius 3 is 2.54 bits per heavy atom. The zero-order valence-corrected chi connectivity index (χ0v) is 9.77. The number of aryl methyl sites for hydroxylation is 1. The van der Waals surface area contributed by atoms with Crippen molar-refractivity contribution in [1.29, 1.82) is 0 Å². The van der Waals surface area contributed by atoms with Crippen molar-refractivity contribution in [1.82, 2.24) is 0 Å². The number of halogens is 1. The molecule has 0 aliphatic heterocycles. The summed E-state index contributed by atoms with van der Waals surface area (Å²) in [4.78, 5) is 0. The van der Waals surface area contributed by atoms with Gasteiger partial charge in [-0.15, -0.1) is 0 Å². The number of rotatable bonds is 2. The smallest absolute Gasteiger partial charge is 0.0490 e. The van der Waals surface area contributed by atoms with E-state index in [9.17, 15) is 0 Å². The molecule has 1 aromatic carbocycles. The van der Waals surface area contributed by atoms with Crippen LogP contribution >= 0.6 is 15.9 Å². The van der Waals surface area contributed by atoms with Crippen molar-refractivity contribution in [3.8, 4) is 0 Å². The molecule has 0 aliphatic rings. The van der Waals surface area contributed by atoms with Crippen molar-refractivity contribution < 1.29 is 0 Å². The number of anilines is 2. The summed E-state index contributed by atoms with van der Waals surface area (Å²) in [6.07, 6.45) is 0. The molecule has 0 fully saturated rings. The summed E-state index contributed by atoms with van der Waals surface area (Å²) in [5.74, 6) is 0. The Labute approximate surface area is 87.6 Å². The number of nitrogens with one attached hydrogen (secondary N) is 1. The van der Waals surface area contributed by atoms with E-state index in [1.807, 2.05) is 13.0 Å². The van der Waals surface area contributed by atoms with Gasteiger partial charge in [0.05, 0.1) is 0 Å². The van der Waals surface area contributed by atoms with Gasteiger partial charge in [-0.2, -0.15) is 0 Å². The van der Waals surface area contributed by atoms with Gasteiger partial charge in [-0.05, 0) is 54.4 Å². The number of hydrogen-bond acceptors (Lipinski definition) is 2. The third-order valence-corrected chi connectivity index (χ3v) is 2.46. The largest absolute Gasteiger partial charge is 0.398 e. The first-order valence-corrected chi connectivity index (χ1v) is 5.12. The molecule has 0 atom stereocenters. The summed E-state index contributed by atoms with van der Waals surface area (Å²) in [7, 11) is 0. The molecule has 0 amide bonds. The molecule has 72 valence electrons. The molecule has 0 unspecified atom stereocenters. The Morgan fingerprint density at radius 2 is 2.00 bits per heavy atom. The summed E-state index contributed by atoms with van der Waals surface area (Å²) in [6.45, 7) is 6.23. The van der Waals surface area contributed by atoms with Crippen molar-refractivity contribution in [2.75, 3.05) is 11.1 Å². The predicted molar refractivity (Wildman–Crippen MR) is 62.1 cm³/mol. The minimum Gasteiger partial charge on any atom is -0.398 e. The molecule has 2 nitrogen and oxygen atoms in total. The number of nitrogen functional groups attached to an aromatic ring is 1. The maximum atomic E-state index is 5.76. The highest BCUT2D eigenvalue weighted by Crippen LogP contribution is 2.28. The van der Waals surface area contributed by atoms with E-state index in [0.29, 0.717) is 6.04 Å². The average Bonchev–Trinajstić information content (AvgIpc) is 1.99. The fraction of sp³-hybridized carbons (Fsp3) is 0.400. The third kappa shape index (κ3) is 2.62. The van der Waals surface area contributed by atoms with Crippen molar-refractivity contribution in [2.45, 2.75) is 26.8 Å². The number of benzene rings is 1. The van der Waals surface area contributed by atoms with E-state index < -0.39 is 0 Å². The van der Waals surface area contributed by atoms with Crippen LogP contribution in [0.25, 0.3) is 0 Å². The van der Waals surface area contributed by atoms with E-state index >= 15 is 0 Å². The van der Waals surface area contributed by atoms with Crippen LogP contribution < -0.4 is 11.1 Å². The van der Waals surface area contributed by atoms with Gasteiger partial charge in [-0.25, -0.2) is 0 Å². The Kier molecular flexibility index (Phi) is 3.20. The minimum atomic E-state index is 0.430. The molecule has 0 bridgehead atoms. The topological polar surface area (TPSA) is 38.0 Å². The first-order valence-electron chi connectivity index (χ1n) is 4.33. The van der Waals surface area contributed by atoms with Crippen molar-refractivity contribution >= 4 is 27.3 Å². The molecule has 3 heteroatoms. The summed E-state index contributed by atoms with van der Waals surface area (Å²) in [6, 6.07) is 4.42. The fourth-order valence-electron chi connectivity index (χ4n) is 1.12. The van der Waals surface area contributed by atoms with Crippen LogP contribution in [0.2, 0.25) is 0 Å². The van der Waals surface area contributed by atoms with Crippen LogP contribution in [0.15, 0.2) is 16.6 Å². The van der Waals surface area contributed by atoms with E-state index in [4.69, 9.17) is 5.73 Å². The second-order valence-electron chi connectivity index (χ2n) is 3.49. The number of hydrogen-bond donors (Lipinski definition) is 2. The van der Waals surface area contributed by atoms with Crippen molar-refractivity contribution in [2.24, 2.45) is 0 Å². The third-order valence-electron chi connectivity index (χ3n) is 1.80. The molecule has 0 saturated heterocycles. The number of nitrogens with two attached hydrogens (primary N) is 1. The van der Waals surface area contributed by atoms with Gasteiger partial charge in [0.1, 0.15) is 0 Å². The lowest BCUT2D eigenvalue weighted by Gasteiger charge is -2.13. The standard InChI is InChI=1S/C10H15BrN2/c1-6(2)13-10-4-7(3)9(12)5-8(10)11/h4-6,13H,12H2,1-3H3. The van der Waals surface area contributed by atoms with Gasteiger partial charge in [0, 0.05) is 21.9 Å². The molecule has 3 N–H and O–H groups in total. The lowest BCUT2D eigenvalue weighted by Crippen LogP contribution is -2.10. The van der Waals surface area contributed by atoms with Crippen LogP contribution in [0.1, 0.15) is 19.4 Å². The zero-order chi connectivity index (χ0) is 10.0. The molecule has 0 radical (unpaired) electrons. The van der Waals surface area contributed by atoms with Gasteiger partial charge in [-0.3, -0.25) is 0 Å². The SMILES string of the molecule is Cc1cc(NC(C)C)c(Br)cc1N. The van der Waals surface area contributed by atoms with Gasteiger partial charge in [0.25, 0.3) is 0 Å². The maximum Gasteiger partial charge on any atom is 0.0490 e. The summed E-state index contributed by atoms with van der Waals surface area (Å²) in [5, 5.41) is 3.34. The zero-order valence-electron chi connectivity index (χ0n) is 8.19. The molecule has 0 aromatic heterocycles. The van der Waals surface area contributed by atoms with E-state index in [0.717, 1.165) is 21.4 Å². The first kappa shape index (κ1) is 10.4. The Bertz CT molecular complexity index is 308. The van der Waals surface area contributed by atoms with Crippen molar-refractivity contribution in [3.63, 3.8) is 0 Å². The monoisotopic (exact) mass is 242 g/mol. The summed E-state index contributed by atoms with van der Waals surface area (Å²) < 4.78 is 1.02. The van der Waals surface area contributed by atoms with Crippen molar-refractivity contribution in [3.05, 3.63) is 22.2 Å². The van der Waals surface area contributed by atoms with E-state index in [1.165, 1.54) is 0 Å². The van der Waals surface area contributed by atoms with E-state index in [-0.39, 0.29) is 0 Å². The molecule has 0 saturated carbocycles. The first-order chi connectivity index (χ1) is 6.00. The Balaban J connectivity index is 3.01. The van der Waals surface area contributed by atoms with Gasteiger partial charge in [-0.1, -0.05) is 0 Å².